The number of rotatable bonds is 3. The molecule has 1 atom stereocenters. The normalized spacial score (nSPS) is 12.5. The number of nitrogens with one attached hydrogen (secondary N) is 2. The molecule has 0 fully saturated rings. The second-order valence-electron chi connectivity index (χ2n) is 2.29. The van der Waals surface area contributed by atoms with Crippen molar-refractivity contribution in [3.05, 3.63) is 18.3 Å². The number of aromatic amines is 1. The van der Waals surface area contributed by atoms with Gasteiger partial charge in [-0.05, 0) is 19.1 Å². The van der Waals surface area contributed by atoms with Crippen LogP contribution in [-0.4, -0.2) is 22.1 Å². The summed E-state index contributed by atoms with van der Waals surface area (Å²) < 4.78 is 0. The second-order valence-corrected chi connectivity index (χ2v) is 2.29. The number of anilines is 1. The average molecular weight is 154 g/mol. The van der Waals surface area contributed by atoms with Gasteiger partial charge in [0, 0.05) is 6.20 Å². The lowest BCUT2D eigenvalue weighted by Crippen LogP contribution is -2.25. The van der Waals surface area contributed by atoms with Crippen LogP contribution in [0.15, 0.2) is 18.3 Å². The maximum Gasteiger partial charge on any atom is 0.325 e. The van der Waals surface area contributed by atoms with Crippen molar-refractivity contribution in [2.24, 2.45) is 0 Å². The van der Waals surface area contributed by atoms with Gasteiger partial charge in [0.15, 0.2) is 0 Å². The smallest absolute Gasteiger partial charge is 0.325 e. The Morgan fingerprint density at radius 3 is 3.00 bits per heavy atom. The summed E-state index contributed by atoms with van der Waals surface area (Å²) in [6.45, 7) is 1.59. The maximum absolute atomic E-state index is 10.3. The van der Waals surface area contributed by atoms with E-state index in [4.69, 9.17) is 5.11 Å². The Hall–Kier alpha value is -1.45. The molecule has 3 N–H and O–H groups in total. The van der Waals surface area contributed by atoms with Crippen LogP contribution in [0.3, 0.4) is 0 Å². The van der Waals surface area contributed by atoms with Crippen LogP contribution in [0.25, 0.3) is 0 Å². The van der Waals surface area contributed by atoms with Crippen molar-refractivity contribution in [2.45, 2.75) is 13.0 Å². The van der Waals surface area contributed by atoms with Crippen molar-refractivity contribution < 1.29 is 9.90 Å². The van der Waals surface area contributed by atoms with E-state index in [2.05, 4.69) is 10.3 Å². The third-order valence-corrected chi connectivity index (χ3v) is 1.34. The number of hydrogen-bond acceptors (Lipinski definition) is 2. The van der Waals surface area contributed by atoms with Gasteiger partial charge in [-0.1, -0.05) is 0 Å². The number of aliphatic carboxylic acids is 1. The fourth-order valence-corrected chi connectivity index (χ4v) is 0.715. The molecule has 1 heterocycles. The zero-order chi connectivity index (χ0) is 8.27. The Balaban J connectivity index is 2.50. The molecule has 0 aliphatic rings. The van der Waals surface area contributed by atoms with E-state index in [1.165, 1.54) is 0 Å². The van der Waals surface area contributed by atoms with Gasteiger partial charge < -0.3 is 15.4 Å². The lowest BCUT2D eigenvalue weighted by atomic mass is 10.3. The van der Waals surface area contributed by atoms with Crippen molar-refractivity contribution in [1.82, 2.24) is 4.98 Å². The van der Waals surface area contributed by atoms with Gasteiger partial charge in [-0.2, -0.15) is 0 Å². The second kappa shape index (κ2) is 3.09. The molecule has 0 saturated heterocycles. The maximum atomic E-state index is 10.3. The van der Waals surface area contributed by atoms with Crippen LogP contribution in [-0.2, 0) is 4.79 Å². The predicted molar refractivity (Wildman–Crippen MR) is 41.5 cm³/mol. The van der Waals surface area contributed by atoms with E-state index in [1.807, 2.05) is 0 Å². The monoisotopic (exact) mass is 154 g/mol. The fraction of sp³-hybridized carbons (Fsp3) is 0.286. The molecule has 4 nitrogen and oxygen atoms in total. The van der Waals surface area contributed by atoms with Crippen LogP contribution in [0.4, 0.5) is 5.82 Å². The lowest BCUT2D eigenvalue weighted by molar-refractivity contribution is -0.137. The Labute approximate surface area is 64.2 Å². The van der Waals surface area contributed by atoms with Crippen LogP contribution in [0.1, 0.15) is 6.92 Å². The molecule has 60 valence electrons. The van der Waals surface area contributed by atoms with Gasteiger partial charge in [-0.3, -0.25) is 4.79 Å². The first-order chi connectivity index (χ1) is 5.20. The van der Waals surface area contributed by atoms with Crippen molar-refractivity contribution in [3.8, 4) is 0 Å². The molecule has 0 bridgehead atoms. The van der Waals surface area contributed by atoms with E-state index < -0.39 is 12.0 Å². The van der Waals surface area contributed by atoms with Crippen molar-refractivity contribution >= 4 is 11.8 Å². The van der Waals surface area contributed by atoms with Crippen LogP contribution in [0.5, 0.6) is 0 Å². The lowest BCUT2D eigenvalue weighted by Gasteiger charge is -2.07. The largest absolute Gasteiger partial charge is 0.480 e. The molecule has 11 heavy (non-hydrogen) atoms. The Kier molecular flexibility index (Phi) is 2.15. The molecule has 1 unspecified atom stereocenters. The number of carbonyl (C=O) groups is 1. The first-order valence-electron chi connectivity index (χ1n) is 3.33. The molecule has 0 aliphatic heterocycles. The molecular formula is C7H10N2O2. The number of hydrogen-bond donors (Lipinski definition) is 3. The van der Waals surface area contributed by atoms with Gasteiger partial charge in [0.2, 0.25) is 0 Å². The minimum atomic E-state index is -0.861. The summed E-state index contributed by atoms with van der Waals surface area (Å²) in [6.07, 6.45) is 1.73. The summed E-state index contributed by atoms with van der Waals surface area (Å²) in [7, 11) is 0. The summed E-state index contributed by atoms with van der Waals surface area (Å²) >= 11 is 0. The highest BCUT2D eigenvalue weighted by Gasteiger charge is 2.09. The van der Waals surface area contributed by atoms with Gasteiger partial charge in [0.05, 0.1) is 0 Å². The van der Waals surface area contributed by atoms with Crippen LogP contribution in [0.2, 0.25) is 0 Å². The minimum absolute atomic E-state index is 0.561. The first kappa shape index (κ1) is 7.65. The zero-order valence-electron chi connectivity index (χ0n) is 6.16. The summed E-state index contributed by atoms with van der Waals surface area (Å²) in [5.41, 5.74) is 0. The third kappa shape index (κ3) is 2.00. The molecule has 1 rings (SSSR count). The van der Waals surface area contributed by atoms with Crippen molar-refractivity contribution in [3.63, 3.8) is 0 Å². The quantitative estimate of drug-likeness (QED) is 0.606. The molecular weight excluding hydrogens is 144 g/mol. The topological polar surface area (TPSA) is 65.1 Å². The fourth-order valence-electron chi connectivity index (χ4n) is 0.715. The molecule has 1 aromatic heterocycles. The van der Waals surface area contributed by atoms with Crippen LogP contribution < -0.4 is 5.32 Å². The standard InChI is InChI=1S/C7H10N2O2/c1-5(7(10)11)9-6-3-2-4-8-6/h2-5,8-9H,1H3,(H,10,11). The molecule has 0 aromatic carbocycles. The summed E-state index contributed by atoms with van der Waals surface area (Å²) in [5, 5.41) is 11.3. The summed E-state index contributed by atoms with van der Waals surface area (Å²) in [6, 6.07) is 3.02. The van der Waals surface area contributed by atoms with E-state index in [0.717, 1.165) is 5.82 Å². The van der Waals surface area contributed by atoms with Crippen molar-refractivity contribution in [2.75, 3.05) is 5.32 Å². The summed E-state index contributed by atoms with van der Waals surface area (Å²) in [4.78, 5) is 13.2. The molecule has 4 heteroatoms. The predicted octanol–water partition coefficient (Wildman–Crippen LogP) is 0.900. The highest BCUT2D eigenvalue weighted by atomic mass is 16.4. The number of H-pyrrole nitrogens is 1. The van der Waals surface area contributed by atoms with Gasteiger partial charge in [-0.25, -0.2) is 0 Å². The number of carboxylic acids is 1. The highest BCUT2D eigenvalue weighted by molar-refractivity contribution is 5.76. The molecule has 0 aliphatic carbocycles. The highest BCUT2D eigenvalue weighted by Crippen LogP contribution is 2.02. The van der Waals surface area contributed by atoms with E-state index in [1.54, 1.807) is 25.3 Å². The van der Waals surface area contributed by atoms with Gasteiger partial charge >= 0.3 is 5.97 Å². The van der Waals surface area contributed by atoms with Gasteiger partial charge in [0.1, 0.15) is 11.9 Å². The zero-order valence-corrected chi connectivity index (χ0v) is 6.16. The SMILES string of the molecule is CC(Nc1ccc[nH]1)C(=O)O. The Morgan fingerprint density at radius 1 is 1.82 bits per heavy atom. The van der Waals surface area contributed by atoms with Gasteiger partial charge in [-0.15, -0.1) is 0 Å². The van der Waals surface area contributed by atoms with Crippen molar-refractivity contribution in [1.29, 1.82) is 0 Å². The molecule has 1 aromatic rings. The number of carboxylic acid groups (broad SMARTS) is 1. The van der Waals surface area contributed by atoms with Crippen LogP contribution >= 0.6 is 0 Å². The first-order valence-corrected chi connectivity index (χ1v) is 3.33. The van der Waals surface area contributed by atoms with E-state index in [0.29, 0.717) is 0 Å². The Bertz CT molecular complexity index is 231. The third-order valence-electron chi connectivity index (χ3n) is 1.34. The molecule has 0 spiro atoms. The average Bonchev–Trinajstić information content (AvgIpc) is 2.39. The molecule has 0 saturated carbocycles. The van der Waals surface area contributed by atoms with Gasteiger partial charge in [0.25, 0.3) is 0 Å². The molecule has 0 amide bonds. The van der Waals surface area contributed by atoms with E-state index in [-0.39, 0.29) is 0 Å². The van der Waals surface area contributed by atoms with Crippen LogP contribution in [0, 0.1) is 0 Å². The molecule has 0 radical (unpaired) electrons. The summed E-state index contributed by atoms with van der Waals surface area (Å²) in [5.74, 6) is -0.139. The minimum Gasteiger partial charge on any atom is -0.480 e. The number of aromatic nitrogens is 1. The van der Waals surface area contributed by atoms with E-state index in [9.17, 15) is 4.79 Å². The van der Waals surface area contributed by atoms with E-state index >= 15 is 0 Å². The Morgan fingerprint density at radius 2 is 2.55 bits per heavy atom.